The summed E-state index contributed by atoms with van der Waals surface area (Å²) in [6.07, 6.45) is 22.4. The highest BCUT2D eigenvalue weighted by Gasteiger charge is 2.39. The van der Waals surface area contributed by atoms with Crippen molar-refractivity contribution in [3.05, 3.63) is 177 Å². The van der Waals surface area contributed by atoms with E-state index in [1.165, 1.54) is 16.7 Å². The van der Waals surface area contributed by atoms with E-state index in [2.05, 4.69) is 110 Å². The highest BCUT2D eigenvalue weighted by Crippen LogP contribution is 2.47. The van der Waals surface area contributed by atoms with Gasteiger partial charge in [-0.15, -0.1) is 0 Å². The summed E-state index contributed by atoms with van der Waals surface area (Å²) >= 11 is 0. The van der Waals surface area contributed by atoms with Crippen LogP contribution in [-0.2, 0) is 0 Å². The number of hydrogen-bond acceptors (Lipinski definition) is 3. The summed E-state index contributed by atoms with van der Waals surface area (Å²) in [6.45, 7) is 6.16. The van der Waals surface area contributed by atoms with Gasteiger partial charge in [0.1, 0.15) is 21.5 Å². The molecule has 3 nitrogen and oxygen atoms in total. The van der Waals surface area contributed by atoms with Crippen molar-refractivity contribution in [3.8, 4) is 0 Å². The van der Waals surface area contributed by atoms with Crippen molar-refractivity contribution in [2.24, 2.45) is 11.8 Å². The van der Waals surface area contributed by atoms with Gasteiger partial charge in [-0.2, -0.15) is 0 Å². The third-order valence-electron chi connectivity index (χ3n) is 9.33. The molecule has 5 unspecified atom stereocenters. The number of aliphatic hydroxyl groups is 3. The Kier molecular flexibility index (Phi) is 7.77. The van der Waals surface area contributed by atoms with Crippen LogP contribution in [0.4, 0.5) is 0 Å². The molecule has 2 aromatic carbocycles. The van der Waals surface area contributed by atoms with Crippen molar-refractivity contribution >= 4 is 26.8 Å². The van der Waals surface area contributed by atoms with Gasteiger partial charge in [0, 0.05) is 23.3 Å². The Balaban J connectivity index is 1.56. The lowest BCUT2D eigenvalue weighted by Gasteiger charge is -2.38. The number of aliphatic hydroxyl groups excluding tert-OH is 3. The third kappa shape index (κ3) is 4.78. The first kappa shape index (κ1) is 28.6. The van der Waals surface area contributed by atoms with Crippen LogP contribution in [0.1, 0.15) is 24.0 Å². The SMILES string of the molecule is BC1=C(O)C(O)=C(C2=c3ccccc3=C(c3ccc(C4C=CC=CC(/C=C\C)=C4C=C)cc3)C3C=CC=CC23)C(B)C1O. The Morgan fingerprint density at radius 3 is 2.07 bits per heavy atom. The number of hydrogen-bond donors (Lipinski definition) is 3. The molecule has 0 radical (unpaired) electrons. The van der Waals surface area contributed by atoms with Crippen molar-refractivity contribution in [3.63, 3.8) is 0 Å². The molecule has 0 aromatic heterocycles. The maximum atomic E-state index is 11.3. The Hall–Kier alpha value is -4.47. The molecule has 0 saturated heterocycles. The molecule has 4 aliphatic rings. The van der Waals surface area contributed by atoms with Crippen LogP contribution in [0.2, 0.25) is 5.82 Å². The molecular weight excluding hydrogens is 526 g/mol. The van der Waals surface area contributed by atoms with Crippen LogP contribution in [0, 0.1) is 11.8 Å². The molecule has 2 aromatic rings. The molecule has 5 atom stereocenters. The van der Waals surface area contributed by atoms with Crippen LogP contribution in [0.15, 0.2) is 156 Å². The fourth-order valence-electron chi connectivity index (χ4n) is 7.17. The zero-order valence-corrected chi connectivity index (χ0v) is 24.9. The Morgan fingerprint density at radius 1 is 0.791 bits per heavy atom. The topological polar surface area (TPSA) is 60.7 Å². The zero-order chi connectivity index (χ0) is 30.2. The maximum absolute atomic E-state index is 11.3. The summed E-state index contributed by atoms with van der Waals surface area (Å²) in [5.41, 5.74) is 7.87. The third-order valence-corrected chi connectivity index (χ3v) is 9.33. The summed E-state index contributed by atoms with van der Waals surface area (Å²) < 4.78 is 0. The van der Waals surface area contributed by atoms with Crippen LogP contribution < -0.4 is 10.4 Å². The Bertz CT molecular complexity index is 1860. The standard InChI is InChI=1S/C38H36B2O3/c1-3-11-22-12-5-6-13-26(25(22)4-2)23-18-20-24(21-19-23)31-27-14-7-9-16-29(27)32(30-17-10-8-15-28(30)31)33-34(39)37(42)35(40)38(43)36(33)41/h3-21,26-27,29,34,37,41-43H,2,39-40H2,1H3/b11-3-. The van der Waals surface area contributed by atoms with Crippen molar-refractivity contribution in [1.29, 1.82) is 0 Å². The number of allylic oxidation sites excluding steroid dienone is 13. The van der Waals surface area contributed by atoms with E-state index in [9.17, 15) is 15.3 Å². The molecule has 0 saturated carbocycles. The minimum Gasteiger partial charge on any atom is -0.505 e. The van der Waals surface area contributed by atoms with Gasteiger partial charge in [-0.25, -0.2) is 0 Å². The molecule has 0 spiro atoms. The van der Waals surface area contributed by atoms with E-state index in [-0.39, 0.29) is 35.1 Å². The van der Waals surface area contributed by atoms with Gasteiger partial charge in [0.25, 0.3) is 0 Å². The van der Waals surface area contributed by atoms with Crippen molar-refractivity contribution in [1.82, 2.24) is 0 Å². The molecule has 212 valence electrons. The van der Waals surface area contributed by atoms with Crippen molar-refractivity contribution < 1.29 is 15.3 Å². The fraction of sp³-hybridized carbons (Fsp3) is 0.158. The molecule has 43 heavy (non-hydrogen) atoms. The smallest absolute Gasteiger partial charge is 0.159 e. The molecule has 5 heteroatoms. The Labute approximate surface area is 255 Å². The minimum atomic E-state index is -0.874. The summed E-state index contributed by atoms with van der Waals surface area (Å²) in [4.78, 5) is 0. The van der Waals surface area contributed by atoms with E-state index in [0.29, 0.717) is 11.0 Å². The van der Waals surface area contributed by atoms with Crippen molar-refractivity contribution in [2.45, 2.75) is 24.8 Å². The van der Waals surface area contributed by atoms with Crippen molar-refractivity contribution in [2.75, 3.05) is 0 Å². The predicted octanol–water partition coefficient (Wildman–Crippen LogP) is 4.69. The lowest BCUT2D eigenvalue weighted by Crippen LogP contribution is -2.42. The molecule has 0 aliphatic heterocycles. The van der Waals surface area contributed by atoms with Gasteiger partial charge >= 0.3 is 0 Å². The molecule has 0 heterocycles. The monoisotopic (exact) mass is 562 g/mol. The van der Waals surface area contributed by atoms with E-state index in [0.717, 1.165) is 27.1 Å². The normalized spacial score (nSPS) is 26.7. The van der Waals surface area contributed by atoms with Gasteiger partial charge in [-0.1, -0.05) is 122 Å². The lowest BCUT2D eigenvalue weighted by atomic mass is 9.60. The van der Waals surface area contributed by atoms with Crippen LogP contribution in [0.5, 0.6) is 0 Å². The van der Waals surface area contributed by atoms with Gasteiger partial charge in [0.05, 0.1) is 6.10 Å². The fourth-order valence-corrected chi connectivity index (χ4v) is 7.17. The van der Waals surface area contributed by atoms with Crippen LogP contribution in [-0.4, -0.2) is 37.1 Å². The second kappa shape index (κ2) is 11.7. The summed E-state index contributed by atoms with van der Waals surface area (Å²) in [5, 5.41) is 35.2. The summed E-state index contributed by atoms with van der Waals surface area (Å²) in [7, 11) is 3.59. The van der Waals surface area contributed by atoms with Crippen LogP contribution >= 0.6 is 0 Å². The number of fused-ring (bicyclic) bond motifs is 2. The first-order valence-electron chi connectivity index (χ1n) is 15.0. The molecule has 0 amide bonds. The molecule has 0 fully saturated rings. The van der Waals surface area contributed by atoms with E-state index in [1.807, 2.05) is 26.9 Å². The second-order valence-corrected chi connectivity index (χ2v) is 11.7. The predicted molar refractivity (Wildman–Crippen MR) is 183 cm³/mol. The molecule has 6 rings (SSSR count). The molecule has 3 N–H and O–H groups in total. The number of benzene rings is 2. The van der Waals surface area contributed by atoms with Gasteiger partial charge in [-0.3, -0.25) is 0 Å². The first-order valence-corrected chi connectivity index (χ1v) is 15.0. The largest absolute Gasteiger partial charge is 0.505 e. The molecule has 4 aliphatic carbocycles. The summed E-state index contributed by atoms with van der Waals surface area (Å²) in [6, 6.07) is 17.2. The van der Waals surface area contributed by atoms with E-state index < -0.39 is 6.10 Å². The molecule has 0 bridgehead atoms. The highest BCUT2D eigenvalue weighted by molar-refractivity contribution is 6.25. The van der Waals surface area contributed by atoms with Gasteiger partial charge in [-0.05, 0) is 62.1 Å². The summed E-state index contributed by atoms with van der Waals surface area (Å²) in [5.74, 6) is -0.685. The quantitative estimate of drug-likeness (QED) is 0.464. The first-order chi connectivity index (χ1) is 20.9. The van der Waals surface area contributed by atoms with Crippen LogP contribution in [0.3, 0.4) is 0 Å². The van der Waals surface area contributed by atoms with Gasteiger partial charge in [0.15, 0.2) is 5.76 Å². The van der Waals surface area contributed by atoms with E-state index >= 15 is 0 Å². The van der Waals surface area contributed by atoms with Gasteiger partial charge in [0.2, 0.25) is 0 Å². The van der Waals surface area contributed by atoms with E-state index in [1.54, 1.807) is 7.85 Å². The highest BCUT2D eigenvalue weighted by atomic mass is 16.3. The van der Waals surface area contributed by atoms with Crippen LogP contribution in [0.25, 0.3) is 11.1 Å². The maximum Gasteiger partial charge on any atom is 0.159 e. The lowest BCUT2D eigenvalue weighted by molar-refractivity contribution is 0.199. The Morgan fingerprint density at radius 2 is 1.42 bits per heavy atom. The average molecular weight is 562 g/mol. The number of rotatable bonds is 5. The zero-order valence-electron chi connectivity index (χ0n) is 24.9. The minimum absolute atomic E-state index is 0.0199. The average Bonchev–Trinajstić information content (AvgIpc) is 3.24. The molecular formula is C38H36B2O3. The van der Waals surface area contributed by atoms with Gasteiger partial charge < -0.3 is 15.3 Å². The van der Waals surface area contributed by atoms with E-state index in [4.69, 9.17) is 0 Å². The second-order valence-electron chi connectivity index (χ2n) is 11.7.